The van der Waals surface area contributed by atoms with E-state index in [1.54, 1.807) is 35.1 Å². The maximum Gasteiger partial charge on any atom is 0.230 e. The van der Waals surface area contributed by atoms with Crippen LogP contribution < -0.4 is 5.32 Å². The first-order valence-electron chi connectivity index (χ1n) is 8.69. The molecule has 146 valence electrons. The fourth-order valence-electron chi connectivity index (χ4n) is 2.70. The Morgan fingerprint density at radius 2 is 1.86 bits per heavy atom. The third-order valence-corrected chi connectivity index (χ3v) is 5.40. The molecule has 0 bridgehead atoms. The monoisotopic (exact) mass is 427 g/mol. The van der Waals surface area contributed by atoms with E-state index in [0.717, 1.165) is 16.6 Å². The third kappa shape index (κ3) is 4.55. The highest BCUT2D eigenvalue weighted by atomic mass is 35.5. The molecule has 4 aromatic rings. The van der Waals surface area contributed by atoms with Gasteiger partial charge in [-0.15, -0.1) is 0 Å². The smallest absolute Gasteiger partial charge is 0.230 e. The average Bonchev–Trinajstić information content (AvgIpc) is 3.17. The zero-order valence-electron chi connectivity index (χ0n) is 15.0. The summed E-state index contributed by atoms with van der Waals surface area (Å²) in [5, 5.41) is 9.28. The van der Waals surface area contributed by atoms with Gasteiger partial charge in [-0.2, -0.15) is 5.10 Å². The zero-order valence-corrected chi connectivity index (χ0v) is 16.6. The molecule has 0 unspecified atom stereocenters. The SMILES string of the molecule is O=C(CSc1ncnc2c1cnn2-c1ccc(Cl)cc1)NCc1ccc(F)cc1. The van der Waals surface area contributed by atoms with Crippen molar-refractivity contribution in [1.82, 2.24) is 25.1 Å². The van der Waals surface area contributed by atoms with Gasteiger partial charge in [0.2, 0.25) is 5.91 Å². The molecule has 0 spiro atoms. The summed E-state index contributed by atoms with van der Waals surface area (Å²) in [6.45, 7) is 0.341. The molecular weight excluding hydrogens is 413 g/mol. The number of thioether (sulfide) groups is 1. The van der Waals surface area contributed by atoms with Gasteiger partial charge >= 0.3 is 0 Å². The van der Waals surface area contributed by atoms with Gasteiger partial charge < -0.3 is 5.32 Å². The van der Waals surface area contributed by atoms with Gasteiger partial charge in [-0.05, 0) is 42.0 Å². The number of amides is 1. The normalized spacial score (nSPS) is 11.0. The number of carbonyl (C=O) groups excluding carboxylic acids is 1. The van der Waals surface area contributed by atoms with Crippen molar-refractivity contribution in [3.63, 3.8) is 0 Å². The lowest BCUT2D eigenvalue weighted by atomic mass is 10.2. The summed E-state index contributed by atoms with van der Waals surface area (Å²) >= 11 is 7.25. The van der Waals surface area contributed by atoms with E-state index in [0.29, 0.717) is 22.2 Å². The molecule has 1 amide bonds. The summed E-state index contributed by atoms with van der Waals surface area (Å²) in [6, 6.07) is 13.3. The van der Waals surface area contributed by atoms with Crippen LogP contribution in [0, 0.1) is 5.82 Å². The van der Waals surface area contributed by atoms with E-state index in [4.69, 9.17) is 11.6 Å². The van der Waals surface area contributed by atoms with Crippen molar-refractivity contribution >= 4 is 40.3 Å². The largest absolute Gasteiger partial charge is 0.351 e. The molecule has 2 aromatic carbocycles. The van der Waals surface area contributed by atoms with E-state index in [-0.39, 0.29) is 17.5 Å². The molecule has 2 aromatic heterocycles. The molecule has 0 atom stereocenters. The third-order valence-electron chi connectivity index (χ3n) is 4.14. The van der Waals surface area contributed by atoms with Crippen LogP contribution in [0.1, 0.15) is 5.56 Å². The van der Waals surface area contributed by atoms with Crippen molar-refractivity contribution < 1.29 is 9.18 Å². The first kappa shape index (κ1) is 19.4. The van der Waals surface area contributed by atoms with Gasteiger partial charge in [-0.1, -0.05) is 35.5 Å². The van der Waals surface area contributed by atoms with Crippen LogP contribution in [-0.4, -0.2) is 31.4 Å². The maximum absolute atomic E-state index is 12.9. The van der Waals surface area contributed by atoms with Crippen LogP contribution in [-0.2, 0) is 11.3 Å². The number of hydrogen-bond acceptors (Lipinski definition) is 5. The maximum atomic E-state index is 12.9. The Morgan fingerprint density at radius 3 is 2.62 bits per heavy atom. The lowest BCUT2D eigenvalue weighted by Gasteiger charge is -2.06. The first-order chi connectivity index (χ1) is 14.1. The highest BCUT2D eigenvalue weighted by Crippen LogP contribution is 2.26. The van der Waals surface area contributed by atoms with Crippen molar-refractivity contribution in [2.75, 3.05) is 5.75 Å². The van der Waals surface area contributed by atoms with Crippen LogP contribution in [0.25, 0.3) is 16.7 Å². The quantitative estimate of drug-likeness (QED) is 0.371. The van der Waals surface area contributed by atoms with E-state index in [1.165, 1.54) is 30.2 Å². The zero-order chi connectivity index (χ0) is 20.2. The Balaban J connectivity index is 1.43. The highest BCUT2D eigenvalue weighted by Gasteiger charge is 2.13. The fourth-order valence-corrected chi connectivity index (χ4v) is 3.61. The van der Waals surface area contributed by atoms with Crippen LogP contribution in [0.15, 0.2) is 66.1 Å². The van der Waals surface area contributed by atoms with E-state index in [2.05, 4.69) is 20.4 Å². The first-order valence-corrected chi connectivity index (χ1v) is 10.0. The second-order valence-electron chi connectivity index (χ2n) is 6.14. The minimum Gasteiger partial charge on any atom is -0.351 e. The van der Waals surface area contributed by atoms with Gasteiger partial charge in [0.25, 0.3) is 0 Å². The Kier molecular flexibility index (Phi) is 5.73. The molecule has 0 saturated heterocycles. The number of halogens is 2. The summed E-state index contributed by atoms with van der Waals surface area (Å²) in [5.74, 6) is -0.252. The molecule has 1 N–H and O–H groups in total. The van der Waals surface area contributed by atoms with E-state index in [9.17, 15) is 9.18 Å². The number of benzene rings is 2. The van der Waals surface area contributed by atoms with Gasteiger partial charge in [-0.3, -0.25) is 4.79 Å². The minimum atomic E-state index is -0.303. The Bertz CT molecular complexity index is 1150. The van der Waals surface area contributed by atoms with Gasteiger partial charge in [-0.25, -0.2) is 19.0 Å². The van der Waals surface area contributed by atoms with Crippen LogP contribution in [0.5, 0.6) is 0 Å². The Hall–Kier alpha value is -2.97. The van der Waals surface area contributed by atoms with Crippen LogP contribution >= 0.6 is 23.4 Å². The van der Waals surface area contributed by atoms with Crippen LogP contribution in [0.3, 0.4) is 0 Å². The molecule has 2 heterocycles. The lowest BCUT2D eigenvalue weighted by Crippen LogP contribution is -2.24. The molecule has 29 heavy (non-hydrogen) atoms. The molecule has 0 fully saturated rings. The molecule has 0 saturated carbocycles. The number of hydrogen-bond donors (Lipinski definition) is 1. The summed E-state index contributed by atoms with van der Waals surface area (Å²) < 4.78 is 14.6. The Labute approximate surface area is 175 Å². The fraction of sp³-hybridized carbons (Fsp3) is 0.100. The molecule has 0 aliphatic rings. The summed E-state index contributed by atoms with van der Waals surface area (Å²) in [7, 11) is 0. The van der Waals surface area contributed by atoms with Crippen molar-refractivity contribution in [3.8, 4) is 5.69 Å². The number of nitrogens with one attached hydrogen (secondary N) is 1. The Morgan fingerprint density at radius 1 is 1.10 bits per heavy atom. The molecular formula is C20H15ClFN5OS. The number of rotatable bonds is 6. The summed E-state index contributed by atoms with van der Waals surface area (Å²) in [5.41, 5.74) is 2.31. The second-order valence-corrected chi connectivity index (χ2v) is 7.54. The second kappa shape index (κ2) is 8.59. The van der Waals surface area contributed by atoms with Gasteiger partial charge in [0.05, 0.1) is 23.0 Å². The minimum absolute atomic E-state index is 0.142. The molecule has 0 aliphatic carbocycles. The van der Waals surface area contributed by atoms with E-state index < -0.39 is 0 Å². The topological polar surface area (TPSA) is 72.7 Å². The number of fused-ring (bicyclic) bond motifs is 1. The molecule has 4 rings (SSSR count). The average molecular weight is 428 g/mol. The lowest BCUT2D eigenvalue weighted by molar-refractivity contribution is -0.118. The van der Waals surface area contributed by atoms with Crippen molar-refractivity contribution in [3.05, 3.63) is 77.5 Å². The number of aromatic nitrogens is 4. The van der Waals surface area contributed by atoms with Crippen molar-refractivity contribution in [2.24, 2.45) is 0 Å². The van der Waals surface area contributed by atoms with E-state index in [1.807, 2.05) is 12.1 Å². The molecule has 0 radical (unpaired) electrons. The van der Waals surface area contributed by atoms with Crippen LogP contribution in [0.2, 0.25) is 5.02 Å². The summed E-state index contributed by atoms with van der Waals surface area (Å²) in [4.78, 5) is 20.8. The molecule has 9 heteroatoms. The highest BCUT2D eigenvalue weighted by molar-refractivity contribution is 8.00. The van der Waals surface area contributed by atoms with Crippen molar-refractivity contribution in [2.45, 2.75) is 11.6 Å². The molecule has 0 aliphatic heterocycles. The molecule has 6 nitrogen and oxygen atoms in total. The van der Waals surface area contributed by atoms with Crippen molar-refractivity contribution in [1.29, 1.82) is 0 Å². The van der Waals surface area contributed by atoms with E-state index >= 15 is 0 Å². The van der Waals surface area contributed by atoms with Gasteiger partial charge in [0, 0.05) is 11.6 Å². The number of carbonyl (C=O) groups is 1. The number of nitrogens with zero attached hydrogens (tertiary/aromatic N) is 4. The standard InChI is InChI=1S/C20H15ClFN5OS/c21-14-3-7-16(8-4-14)27-19-17(10-26-27)20(25-12-24-19)29-11-18(28)23-9-13-1-5-15(22)6-2-13/h1-8,10,12H,9,11H2,(H,23,28). The van der Waals surface area contributed by atoms with Crippen LogP contribution in [0.4, 0.5) is 4.39 Å². The summed E-state index contributed by atoms with van der Waals surface area (Å²) in [6.07, 6.45) is 3.14. The van der Waals surface area contributed by atoms with Gasteiger partial charge in [0.15, 0.2) is 5.65 Å². The predicted molar refractivity (Wildman–Crippen MR) is 111 cm³/mol. The van der Waals surface area contributed by atoms with Gasteiger partial charge in [0.1, 0.15) is 17.2 Å². The predicted octanol–water partition coefficient (Wildman–Crippen LogP) is 4.02.